The fraction of sp³-hybridized carbons (Fsp3) is 0.353. The molecule has 0 amide bonds. The van der Waals surface area contributed by atoms with Gasteiger partial charge in [-0.2, -0.15) is 17.6 Å². The van der Waals surface area contributed by atoms with Gasteiger partial charge in [-0.15, -0.1) is 0 Å². The summed E-state index contributed by atoms with van der Waals surface area (Å²) in [6.45, 7) is 1.29. The minimum atomic E-state index is -4.49. The van der Waals surface area contributed by atoms with Gasteiger partial charge in [-0.05, 0) is 29.3 Å². The molecule has 0 aliphatic heterocycles. The second-order valence-corrected chi connectivity index (χ2v) is 5.64. The number of alkyl halides is 4. The number of halogens is 4. The number of hydrogen-bond acceptors (Lipinski definition) is 2. The van der Waals surface area contributed by atoms with E-state index in [1.165, 1.54) is 25.1 Å². The summed E-state index contributed by atoms with van der Waals surface area (Å²) in [5, 5.41) is 1.37. The molecule has 0 spiro atoms. The Morgan fingerprint density at radius 2 is 1.74 bits per heavy atom. The maximum Gasteiger partial charge on any atom is 0.330 e. The van der Waals surface area contributed by atoms with Crippen molar-refractivity contribution in [3.05, 3.63) is 48.0 Å². The standard InChI is InChI=1S/C17H14F4O2/c1-2-23-14(22)15(10-16(18,19)17(15,20)21)13-8-7-11-5-3-4-6-12(11)9-13/h3-9H,2,10H2,1H3. The highest BCUT2D eigenvalue weighted by Gasteiger charge is 2.84. The second-order valence-electron chi connectivity index (χ2n) is 5.64. The van der Waals surface area contributed by atoms with E-state index in [-0.39, 0.29) is 12.2 Å². The van der Waals surface area contributed by atoms with Crippen LogP contribution in [0, 0.1) is 0 Å². The topological polar surface area (TPSA) is 26.3 Å². The summed E-state index contributed by atoms with van der Waals surface area (Å²) in [6.07, 6.45) is -1.26. The van der Waals surface area contributed by atoms with Crippen LogP contribution in [-0.4, -0.2) is 24.4 Å². The number of rotatable bonds is 3. The van der Waals surface area contributed by atoms with Crippen LogP contribution in [0.25, 0.3) is 10.8 Å². The first-order chi connectivity index (χ1) is 10.8. The highest BCUT2D eigenvalue weighted by molar-refractivity contribution is 5.90. The van der Waals surface area contributed by atoms with Gasteiger partial charge in [-0.25, -0.2) is 0 Å². The van der Waals surface area contributed by atoms with Gasteiger partial charge in [-0.3, -0.25) is 4.79 Å². The van der Waals surface area contributed by atoms with Gasteiger partial charge in [0.15, 0.2) is 5.41 Å². The van der Waals surface area contributed by atoms with E-state index in [2.05, 4.69) is 0 Å². The molecule has 6 heteroatoms. The van der Waals surface area contributed by atoms with Crippen LogP contribution in [0.5, 0.6) is 0 Å². The molecule has 1 aliphatic rings. The van der Waals surface area contributed by atoms with Gasteiger partial charge in [0.25, 0.3) is 0 Å². The largest absolute Gasteiger partial charge is 0.465 e. The number of fused-ring (bicyclic) bond motifs is 1. The van der Waals surface area contributed by atoms with E-state index < -0.39 is 29.7 Å². The van der Waals surface area contributed by atoms with Crippen molar-refractivity contribution in [2.24, 2.45) is 0 Å². The molecule has 0 heterocycles. The molecule has 0 bridgehead atoms. The maximum atomic E-state index is 14.2. The smallest absolute Gasteiger partial charge is 0.330 e. The van der Waals surface area contributed by atoms with E-state index in [1.54, 1.807) is 24.3 Å². The van der Waals surface area contributed by atoms with Gasteiger partial charge >= 0.3 is 17.8 Å². The lowest BCUT2D eigenvalue weighted by Crippen LogP contribution is -2.72. The van der Waals surface area contributed by atoms with Crippen LogP contribution in [-0.2, 0) is 14.9 Å². The zero-order valence-electron chi connectivity index (χ0n) is 12.3. The third-order valence-electron chi connectivity index (χ3n) is 4.35. The number of hydrogen-bond donors (Lipinski definition) is 0. The Balaban J connectivity index is 2.17. The third-order valence-corrected chi connectivity index (χ3v) is 4.35. The zero-order chi connectivity index (χ0) is 16.9. The van der Waals surface area contributed by atoms with Gasteiger partial charge in [0.1, 0.15) is 0 Å². The summed E-state index contributed by atoms with van der Waals surface area (Å²) in [5.74, 6) is -10.0. The Morgan fingerprint density at radius 3 is 2.30 bits per heavy atom. The molecular formula is C17H14F4O2. The summed E-state index contributed by atoms with van der Waals surface area (Å²) in [5.41, 5.74) is -2.79. The lowest BCUT2D eigenvalue weighted by atomic mass is 9.58. The third kappa shape index (κ3) is 1.97. The molecule has 3 rings (SSSR count). The molecule has 2 aromatic carbocycles. The number of benzene rings is 2. The fourth-order valence-electron chi connectivity index (χ4n) is 3.07. The lowest BCUT2D eigenvalue weighted by Gasteiger charge is -2.51. The molecule has 1 saturated carbocycles. The molecule has 2 aromatic rings. The number of carbonyl (C=O) groups excluding carboxylic acids is 1. The van der Waals surface area contributed by atoms with Crippen molar-refractivity contribution in [2.75, 3.05) is 6.61 Å². The Hall–Kier alpha value is -2.11. The number of ether oxygens (including phenoxy) is 1. The first kappa shape index (κ1) is 15.8. The van der Waals surface area contributed by atoms with E-state index in [0.717, 1.165) is 5.39 Å². The quantitative estimate of drug-likeness (QED) is 0.620. The van der Waals surface area contributed by atoms with Crippen LogP contribution in [0.15, 0.2) is 42.5 Å². The molecule has 1 fully saturated rings. The average molecular weight is 326 g/mol. The van der Waals surface area contributed by atoms with Crippen LogP contribution in [0.1, 0.15) is 18.9 Å². The van der Waals surface area contributed by atoms with E-state index in [1.807, 2.05) is 0 Å². The number of carbonyl (C=O) groups is 1. The van der Waals surface area contributed by atoms with Crippen LogP contribution < -0.4 is 0 Å². The Labute approximate surface area is 130 Å². The van der Waals surface area contributed by atoms with E-state index in [4.69, 9.17) is 4.74 Å². The summed E-state index contributed by atoms with van der Waals surface area (Å²) >= 11 is 0. The van der Waals surface area contributed by atoms with Crippen molar-refractivity contribution in [1.29, 1.82) is 0 Å². The van der Waals surface area contributed by atoms with Gasteiger partial charge in [0, 0.05) is 6.42 Å². The van der Waals surface area contributed by atoms with Crippen molar-refractivity contribution >= 4 is 16.7 Å². The van der Waals surface area contributed by atoms with Crippen LogP contribution in [0.2, 0.25) is 0 Å². The van der Waals surface area contributed by atoms with Crippen molar-refractivity contribution in [3.63, 3.8) is 0 Å². The van der Waals surface area contributed by atoms with Gasteiger partial charge < -0.3 is 4.74 Å². The maximum absolute atomic E-state index is 14.2. The predicted molar refractivity (Wildman–Crippen MR) is 76.8 cm³/mol. The molecule has 2 nitrogen and oxygen atoms in total. The molecule has 1 atom stereocenters. The molecular weight excluding hydrogens is 312 g/mol. The molecule has 1 aliphatic carbocycles. The molecule has 0 saturated heterocycles. The van der Waals surface area contributed by atoms with Crippen molar-refractivity contribution in [2.45, 2.75) is 30.6 Å². The first-order valence-electron chi connectivity index (χ1n) is 7.18. The highest BCUT2D eigenvalue weighted by atomic mass is 19.3. The van der Waals surface area contributed by atoms with Crippen LogP contribution in [0.4, 0.5) is 17.6 Å². The normalized spacial score (nSPS) is 24.9. The molecule has 23 heavy (non-hydrogen) atoms. The fourth-order valence-corrected chi connectivity index (χ4v) is 3.07. The SMILES string of the molecule is CCOC(=O)C1(c2ccc3ccccc3c2)CC(F)(F)C1(F)F. The van der Waals surface area contributed by atoms with Gasteiger partial charge in [0.2, 0.25) is 0 Å². The zero-order valence-corrected chi connectivity index (χ0v) is 12.3. The molecule has 0 N–H and O–H groups in total. The molecule has 122 valence electrons. The Morgan fingerprint density at radius 1 is 1.09 bits per heavy atom. The Kier molecular flexibility index (Phi) is 3.39. The first-order valence-corrected chi connectivity index (χ1v) is 7.18. The van der Waals surface area contributed by atoms with Crippen LogP contribution >= 0.6 is 0 Å². The summed E-state index contributed by atoms with van der Waals surface area (Å²) < 4.78 is 60.1. The Bertz CT molecular complexity index is 772. The lowest BCUT2D eigenvalue weighted by molar-refractivity contribution is -0.323. The summed E-state index contributed by atoms with van der Waals surface area (Å²) in [7, 11) is 0. The minimum absolute atomic E-state index is 0.148. The molecule has 1 unspecified atom stereocenters. The van der Waals surface area contributed by atoms with Crippen molar-refractivity contribution in [3.8, 4) is 0 Å². The van der Waals surface area contributed by atoms with Gasteiger partial charge in [0.05, 0.1) is 6.61 Å². The number of esters is 1. The van der Waals surface area contributed by atoms with Crippen molar-refractivity contribution in [1.82, 2.24) is 0 Å². The average Bonchev–Trinajstić information content (AvgIpc) is 2.52. The monoisotopic (exact) mass is 326 g/mol. The van der Waals surface area contributed by atoms with E-state index in [9.17, 15) is 22.4 Å². The summed E-state index contributed by atoms with van der Waals surface area (Å²) in [4.78, 5) is 12.2. The minimum Gasteiger partial charge on any atom is -0.465 e. The molecule has 0 aromatic heterocycles. The highest BCUT2D eigenvalue weighted by Crippen LogP contribution is 2.64. The summed E-state index contributed by atoms with van der Waals surface area (Å²) in [6, 6.07) is 11.1. The molecule has 0 radical (unpaired) electrons. The van der Waals surface area contributed by atoms with Gasteiger partial charge in [-0.1, -0.05) is 36.4 Å². The predicted octanol–water partition coefficient (Wildman–Crippen LogP) is 4.32. The van der Waals surface area contributed by atoms with Crippen LogP contribution in [0.3, 0.4) is 0 Å². The van der Waals surface area contributed by atoms with E-state index in [0.29, 0.717) is 5.39 Å². The van der Waals surface area contributed by atoms with Crippen molar-refractivity contribution < 1.29 is 27.1 Å². The van der Waals surface area contributed by atoms with E-state index >= 15 is 0 Å². The second kappa shape index (κ2) is 4.94.